The van der Waals surface area contributed by atoms with Gasteiger partial charge >= 0.3 is 0 Å². The number of hydrogen-bond acceptors (Lipinski definition) is 1. The Morgan fingerprint density at radius 1 is 0.950 bits per heavy atom. The molecular weight excluding hydrogens is 251 g/mol. The molecule has 0 unspecified atom stereocenters. The van der Waals surface area contributed by atoms with Gasteiger partial charge in [0.2, 0.25) is 0 Å². The molecule has 2 aromatic rings. The van der Waals surface area contributed by atoms with Crippen LogP contribution in [0, 0.1) is 19.7 Å². The quantitative estimate of drug-likeness (QED) is 0.658. The summed E-state index contributed by atoms with van der Waals surface area (Å²) in [5.74, 6) is 1.80. The predicted octanol–water partition coefficient (Wildman–Crippen LogP) is 5.97. The van der Waals surface area contributed by atoms with E-state index in [1.165, 1.54) is 11.6 Å². The highest BCUT2D eigenvalue weighted by molar-refractivity contribution is 5.26. The van der Waals surface area contributed by atoms with Gasteiger partial charge < -0.3 is 4.42 Å². The lowest BCUT2D eigenvalue weighted by Gasteiger charge is -2.06. The number of hydrogen-bond donors (Lipinski definition) is 0. The zero-order valence-corrected chi connectivity index (χ0v) is 13.3. The van der Waals surface area contributed by atoms with Crippen LogP contribution in [0.3, 0.4) is 0 Å². The van der Waals surface area contributed by atoms with Crippen LogP contribution in [0.1, 0.15) is 62.0 Å². The van der Waals surface area contributed by atoms with Crippen LogP contribution in [0.15, 0.2) is 34.9 Å². The second-order valence-corrected chi connectivity index (χ2v) is 5.80. The Balaban J connectivity index is 0.000000204. The van der Waals surface area contributed by atoms with Crippen molar-refractivity contribution in [2.24, 2.45) is 0 Å². The lowest BCUT2D eigenvalue weighted by Crippen LogP contribution is -1.92. The summed E-state index contributed by atoms with van der Waals surface area (Å²) in [7, 11) is 0. The molecule has 20 heavy (non-hydrogen) atoms. The topological polar surface area (TPSA) is 13.1 Å². The first-order chi connectivity index (χ1) is 9.32. The minimum atomic E-state index is -0.0920. The van der Waals surface area contributed by atoms with Crippen molar-refractivity contribution in [3.63, 3.8) is 0 Å². The van der Waals surface area contributed by atoms with Gasteiger partial charge in [0.25, 0.3) is 0 Å². The molecule has 0 spiro atoms. The fraction of sp³-hybridized carbons (Fsp3) is 0.444. The maximum Gasteiger partial charge on any atom is 0.126 e. The highest BCUT2D eigenvalue weighted by atomic mass is 19.1. The number of aryl methyl sites for hydroxylation is 2. The van der Waals surface area contributed by atoms with Crippen molar-refractivity contribution in [1.29, 1.82) is 0 Å². The van der Waals surface area contributed by atoms with E-state index < -0.39 is 0 Å². The SMILES string of the molecule is Cc1ccc(F)c(C(C)C)c1.Cc1ccoc1C(C)C. The number of halogens is 1. The number of rotatable bonds is 2. The molecule has 0 atom stereocenters. The van der Waals surface area contributed by atoms with E-state index in [2.05, 4.69) is 20.8 Å². The molecule has 0 radical (unpaired) electrons. The molecule has 0 saturated carbocycles. The van der Waals surface area contributed by atoms with Crippen LogP contribution < -0.4 is 0 Å². The normalized spacial score (nSPS) is 10.7. The first-order valence-corrected chi connectivity index (χ1v) is 7.13. The van der Waals surface area contributed by atoms with Crippen LogP contribution in [0.2, 0.25) is 0 Å². The van der Waals surface area contributed by atoms with Crippen molar-refractivity contribution in [1.82, 2.24) is 0 Å². The van der Waals surface area contributed by atoms with Crippen molar-refractivity contribution >= 4 is 0 Å². The van der Waals surface area contributed by atoms with E-state index in [1.807, 2.05) is 32.9 Å². The highest BCUT2D eigenvalue weighted by Gasteiger charge is 2.05. The number of furan rings is 1. The maximum absolute atomic E-state index is 13.0. The molecule has 0 bridgehead atoms. The summed E-state index contributed by atoms with van der Waals surface area (Å²) < 4.78 is 18.2. The summed E-state index contributed by atoms with van der Waals surface area (Å²) in [4.78, 5) is 0. The van der Waals surface area contributed by atoms with Crippen LogP contribution in [-0.4, -0.2) is 0 Å². The Labute approximate surface area is 121 Å². The van der Waals surface area contributed by atoms with Crippen LogP contribution >= 0.6 is 0 Å². The Morgan fingerprint density at radius 2 is 1.60 bits per heavy atom. The van der Waals surface area contributed by atoms with Gasteiger partial charge in [-0.2, -0.15) is 0 Å². The molecule has 1 aromatic carbocycles. The zero-order valence-electron chi connectivity index (χ0n) is 13.3. The minimum Gasteiger partial charge on any atom is -0.469 e. The van der Waals surface area contributed by atoms with Gasteiger partial charge in [-0.15, -0.1) is 0 Å². The molecule has 0 amide bonds. The summed E-state index contributed by atoms with van der Waals surface area (Å²) in [6.45, 7) is 12.3. The molecule has 0 fully saturated rings. The molecule has 0 aliphatic carbocycles. The van der Waals surface area contributed by atoms with Gasteiger partial charge in [-0.3, -0.25) is 0 Å². The third-order valence-electron chi connectivity index (χ3n) is 3.20. The maximum atomic E-state index is 13.0. The Morgan fingerprint density at radius 3 is 1.95 bits per heavy atom. The summed E-state index contributed by atoms with van der Waals surface area (Å²) in [5.41, 5.74) is 3.19. The van der Waals surface area contributed by atoms with Gasteiger partial charge in [0.05, 0.1) is 6.26 Å². The van der Waals surface area contributed by atoms with E-state index in [9.17, 15) is 4.39 Å². The van der Waals surface area contributed by atoms with Gasteiger partial charge in [0, 0.05) is 5.92 Å². The molecular formula is C18H25FO. The van der Waals surface area contributed by atoms with Crippen molar-refractivity contribution in [2.45, 2.75) is 53.4 Å². The first kappa shape index (κ1) is 16.5. The van der Waals surface area contributed by atoms with Gasteiger partial charge in [0.1, 0.15) is 11.6 Å². The Kier molecular flexibility index (Phi) is 6.00. The molecule has 110 valence electrons. The van der Waals surface area contributed by atoms with Crippen LogP contribution in [0.25, 0.3) is 0 Å². The highest BCUT2D eigenvalue weighted by Crippen LogP contribution is 2.19. The molecule has 1 nitrogen and oxygen atoms in total. The van der Waals surface area contributed by atoms with Crippen molar-refractivity contribution < 1.29 is 8.81 Å². The van der Waals surface area contributed by atoms with Crippen LogP contribution in [-0.2, 0) is 0 Å². The molecule has 0 saturated heterocycles. The second kappa shape index (κ2) is 7.28. The molecule has 2 rings (SSSR count). The third-order valence-corrected chi connectivity index (χ3v) is 3.20. The van der Waals surface area contributed by atoms with E-state index in [0.29, 0.717) is 5.92 Å². The number of benzene rings is 1. The van der Waals surface area contributed by atoms with Crippen LogP contribution in [0.4, 0.5) is 4.39 Å². The van der Waals surface area contributed by atoms with Crippen molar-refractivity contribution in [3.05, 3.63) is 58.8 Å². The standard InChI is InChI=1S/C10H13F.C8H12O/c1-7(2)9-6-8(3)4-5-10(9)11;1-6(2)8-7(3)4-5-9-8/h4-7H,1-3H3;4-6H,1-3H3. The average molecular weight is 276 g/mol. The zero-order chi connectivity index (χ0) is 15.3. The molecule has 0 aliphatic rings. The van der Waals surface area contributed by atoms with Crippen molar-refractivity contribution in [2.75, 3.05) is 0 Å². The fourth-order valence-corrected chi connectivity index (χ4v) is 2.08. The smallest absolute Gasteiger partial charge is 0.126 e. The molecule has 2 heteroatoms. The van der Waals surface area contributed by atoms with Crippen LogP contribution in [0.5, 0.6) is 0 Å². The summed E-state index contributed by atoms with van der Waals surface area (Å²) in [5, 5.41) is 0. The lowest BCUT2D eigenvalue weighted by molar-refractivity contribution is 0.484. The lowest BCUT2D eigenvalue weighted by atomic mass is 10.0. The predicted molar refractivity (Wildman–Crippen MR) is 82.8 cm³/mol. The van der Waals surface area contributed by atoms with Crippen molar-refractivity contribution in [3.8, 4) is 0 Å². The largest absolute Gasteiger partial charge is 0.469 e. The fourth-order valence-electron chi connectivity index (χ4n) is 2.08. The first-order valence-electron chi connectivity index (χ1n) is 7.13. The molecule has 1 aromatic heterocycles. The average Bonchev–Trinajstić information content (AvgIpc) is 2.79. The van der Waals surface area contributed by atoms with Gasteiger partial charge in [-0.25, -0.2) is 4.39 Å². The second-order valence-electron chi connectivity index (χ2n) is 5.80. The van der Waals surface area contributed by atoms with E-state index in [4.69, 9.17) is 4.42 Å². The summed E-state index contributed by atoms with van der Waals surface area (Å²) >= 11 is 0. The van der Waals surface area contributed by atoms with Gasteiger partial charge in [0.15, 0.2) is 0 Å². The monoisotopic (exact) mass is 276 g/mol. The molecule has 0 N–H and O–H groups in total. The van der Waals surface area contributed by atoms with Gasteiger partial charge in [-0.05, 0) is 43.0 Å². The minimum absolute atomic E-state index is 0.0920. The molecule has 1 heterocycles. The summed E-state index contributed by atoms with van der Waals surface area (Å²) in [6, 6.07) is 7.22. The molecule has 0 aliphatic heterocycles. The third kappa shape index (κ3) is 4.52. The van der Waals surface area contributed by atoms with Gasteiger partial charge in [-0.1, -0.05) is 45.4 Å². The van der Waals surface area contributed by atoms with E-state index in [-0.39, 0.29) is 11.7 Å². The van der Waals surface area contributed by atoms with E-state index in [1.54, 1.807) is 12.3 Å². The summed E-state index contributed by atoms with van der Waals surface area (Å²) in [6.07, 6.45) is 1.74. The van der Waals surface area contributed by atoms with E-state index in [0.717, 1.165) is 16.9 Å². The Hall–Kier alpha value is -1.57. The Bertz CT molecular complexity index is 538. The van der Waals surface area contributed by atoms with E-state index >= 15 is 0 Å².